The Morgan fingerprint density at radius 1 is 0.826 bits per heavy atom. The van der Waals surface area contributed by atoms with Crippen molar-refractivity contribution in [3.8, 4) is 5.69 Å². The summed E-state index contributed by atoms with van der Waals surface area (Å²) in [6, 6.07) is 22.7. The van der Waals surface area contributed by atoms with Gasteiger partial charge < -0.3 is 10.2 Å². The normalized spacial score (nSPS) is 19.3. The predicted octanol–water partition coefficient (Wildman–Crippen LogP) is 8.67. The highest BCUT2D eigenvalue weighted by molar-refractivity contribution is 5.99. The van der Waals surface area contributed by atoms with Gasteiger partial charge in [0, 0.05) is 34.8 Å². The molecule has 7 nitrogen and oxygen atoms in total. The summed E-state index contributed by atoms with van der Waals surface area (Å²) >= 11 is 0. The number of nitrogens with one attached hydrogen (secondary N) is 2. The molecular formula is C39H47N5O2. The van der Waals surface area contributed by atoms with Crippen LogP contribution >= 0.6 is 0 Å². The molecule has 6 rings (SSSR count). The monoisotopic (exact) mass is 617 g/mol. The molecule has 0 spiro atoms. The Bertz CT molecular complexity index is 1730. The van der Waals surface area contributed by atoms with Crippen LogP contribution in [0.5, 0.6) is 0 Å². The first kappa shape index (κ1) is 31.6. The fraction of sp³-hybridized carbons (Fsp3) is 0.410. The second-order valence-corrected chi connectivity index (χ2v) is 14.6. The SMILES string of the molecule is Cc1ccc(-n2nc(C(C)(C)C)cc2NC(=O)Nc2cccc(CC3CC4CCC(C3)N4C(=O)c3c(C)cc(C)cc3C)c2)cc1. The van der Waals surface area contributed by atoms with Gasteiger partial charge in [0.2, 0.25) is 0 Å². The van der Waals surface area contributed by atoms with E-state index in [-0.39, 0.29) is 17.4 Å². The molecule has 0 saturated carbocycles. The highest BCUT2D eigenvalue weighted by atomic mass is 16.2. The van der Waals surface area contributed by atoms with Crippen LogP contribution in [-0.4, -0.2) is 38.7 Å². The van der Waals surface area contributed by atoms with Gasteiger partial charge in [0.25, 0.3) is 5.91 Å². The first-order valence-corrected chi connectivity index (χ1v) is 16.6. The van der Waals surface area contributed by atoms with Gasteiger partial charge in [0.05, 0.1) is 11.4 Å². The van der Waals surface area contributed by atoms with E-state index < -0.39 is 0 Å². The van der Waals surface area contributed by atoms with Crippen LogP contribution in [-0.2, 0) is 11.8 Å². The van der Waals surface area contributed by atoms with Gasteiger partial charge in [-0.3, -0.25) is 10.1 Å². The average molecular weight is 618 g/mol. The van der Waals surface area contributed by atoms with E-state index in [0.717, 1.165) is 71.4 Å². The number of nitrogens with zero attached hydrogens (tertiary/aromatic N) is 3. The van der Waals surface area contributed by atoms with Gasteiger partial charge in [0.15, 0.2) is 0 Å². The van der Waals surface area contributed by atoms with E-state index in [4.69, 9.17) is 5.10 Å². The largest absolute Gasteiger partial charge is 0.333 e. The number of aryl methyl sites for hydroxylation is 4. The van der Waals surface area contributed by atoms with Crippen molar-refractivity contribution in [2.45, 2.75) is 98.1 Å². The van der Waals surface area contributed by atoms with Gasteiger partial charge in [-0.25, -0.2) is 9.48 Å². The van der Waals surface area contributed by atoms with Gasteiger partial charge in [0.1, 0.15) is 5.82 Å². The van der Waals surface area contributed by atoms with Crippen LogP contribution in [0.2, 0.25) is 0 Å². The van der Waals surface area contributed by atoms with Crippen LogP contribution in [0.25, 0.3) is 5.69 Å². The van der Waals surface area contributed by atoms with E-state index in [1.807, 2.05) is 42.5 Å². The lowest BCUT2D eigenvalue weighted by atomic mass is 9.85. The van der Waals surface area contributed by atoms with Crippen molar-refractivity contribution in [1.82, 2.24) is 14.7 Å². The van der Waals surface area contributed by atoms with Gasteiger partial charge in [-0.1, -0.05) is 68.3 Å². The third-order valence-electron chi connectivity index (χ3n) is 9.66. The Labute approximate surface area is 273 Å². The van der Waals surface area contributed by atoms with E-state index in [9.17, 15) is 9.59 Å². The molecule has 2 bridgehead atoms. The summed E-state index contributed by atoms with van der Waals surface area (Å²) in [5, 5.41) is 10.9. The lowest BCUT2D eigenvalue weighted by Gasteiger charge is -2.39. The number of hydrogen-bond donors (Lipinski definition) is 2. The molecule has 3 heterocycles. The van der Waals surface area contributed by atoms with Crippen molar-refractivity contribution in [2.24, 2.45) is 5.92 Å². The molecule has 4 aromatic rings. The number of piperidine rings is 1. The van der Waals surface area contributed by atoms with Crippen molar-refractivity contribution in [2.75, 3.05) is 10.6 Å². The molecule has 3 amide bonds. The molecule has 0 aliphatic carbocycles. The molecule has 46 heavy (non-hydrogen) atoms. The van der Waals surface area contributed by atoms with E-state index in [1.165, 1.54) is 11.1 Å². The Hall–Kier alpha value is -4.39. The zero-order chi connectivity index (χ0) is 32.7. The molecule has 2 aliphatic heterocycles. The first-order valence-electron chi connectivity index (χ1n) is 16.6. The van der Waals surface area contributed by atoms with Gasteiger partial charge in [-0.05, 0) is 107 Å². The minimum atomic E-state index is -0.308. The fourth-order valence-electron chi connectivity index (χ4n) is 7.54. The molecule has 2 saturated heterocycles. The van der Waals surface area contributed by atoms with E-state index in [1.54, 1.807) is 4.68 Å². The molecule has 2 unspecified atom stereocenters. The maximum Gasteiger partial charge on any atom is 0.324 e. The summed E-state index contributed by atoms with van der Waals surface area (Å²) in [7, 11) is 0. The smallest absolute Gasteiger partial charge is 0.324 e. The average Bonchev–Trinajstić information content (AvgIpc) is 3.51. The highest BCUT2D eigenvalue weighted by Crippen LogP contribution is 2.41. The molecule has 1 aromatic heterocycles. The van der Waals surface area contributed by atoms with Crippen LogP contribution in [0.3, 0.4) is 0 Å². The van der Waals surface area contributed by atoms with Crippen LogP contribution < -0.4 is 10.6 Å². The van der Waals surface area contributed by atoms with Crippen molar-refractivity contribution < 1.29 is 9.59 Å². The Morgan fingerprint density at radius 2 is 1.48 bits per heavy atom. The Morgan fingerprint density at radius 3 is 2.11 bits per heavy atom. The molecule has 3 aromatic carbocycles. The molecule has 0 radical (unpaired) electrons. The number of anilines is 2. The van der Waals surface area contributed by atoms with Gasteiger partial charge >= 0.3 is 6.03 Å². The minimum Gasteiger partial charge on any atom is -0.333 e. The Balaban J connectivity index is 1.11. The summed E-state index contributed by atoms with van der Waals surface area (Å²) < 4.78 is 1.79. The maximum atomic E-state index is 13.8. The van der Waals surface area contributed by atoms with E-state index >= 15 is 0 Å². The predicted molar refractivity (Wildman–Crippen MR) is 186 cm³/mol. The van der Waals surface area contributed by atoms with Crippen LogP contribution in [0.4, 0.5) is 16.3 Å². The summed E-state index contributed by atoms with van der Waals surface area (Å²) in [6.45, 7) is 14.6. The number of rotatable bonds is 6. The number of hydrogen-bond acceptors (Lipinski definition) is 3. The van der Waals surface area contributed by atoms with Gasteiger partial charge in [-0.2, -0.15) is 5.10 Å². The molecule has 2 N–H and O–H groups in total. The zero-order valence-electron chi connectivity index (χ0n) is 28.3. The number of fused-ring (bicyclic) bond motifs is 2. The highest BCUT2D eigenvalue weighted by Gasteiger charge is 2.43. The third-order valence-corrected chi connectivity index (χ3v) is 9.66. The Kier molecular flexibility index (Phi) is 8.53. The quantitative estimate of drug-likeness (QED) is 0.227. The molecular weight excluding hydrogens is 570 g/mol. The standard InChI is InChI=1S/C39H47N5O2/c1-24-11-13-31(14-12-24)44-35(23-34(42-44)39(5,6)7)41-38(46)40-30-10-8-9-28(20-30)19-29-21-32-15-16-33(22-29)43(32)37(45)36-26(3)17-25(2)18-27(36)4/h8-14,17-18,20,23,29,32-33H,15-16,19,21-22H2,1-7H3,(H2,40,41,46). The lowest BCUT2D eigenvalue weighted by molar-refractivity contribution is 0.0523. The van der Waals surface area contributed by atoms with Gasteiger partial charge in [-0.15, -0.1) is 0 Å². The minimum absolute atomic E-state index is 0.168. The van der Waals surface area contributed by atoms with Crippen molar-refractivity contribution in [3.63, 3.8) is 0 Å². The number of benzene rings is 3. The molecule has 240 valence electrons. The lowest BCUT2D eigenvalue weighted by Crippen LogP contribution is -2.47. The molecule has 2 atom stereocenters. The molecule has 2 aliphatic rings. The maximum absolute atomic E-state index is 13.8. The molecule has 2 fully saturated rings. The topological polar surface area (TPSA) is 79.3 Å². The number of aromatic nitrogens is 2. The summed E-state index contributed by atoms with van der Waals surface area (Å²) in [5.74, 6) is 1.33. The van der Waals surface area contributed by atoms with Crippen molar-refractivity contribution in [1.29, 1.82) is 0 Å². The first-order chi connectivity index (χ1) is 21.9. The van der Waals surface area contributed by atoms with Crippen LogP contribution in [0, 0.1) is 33.6 Å². The molecule has 7 heteroatoms. The summed E-state index contributed by atoms with van der Waals surface area (Å²) in [5.41, 5.74) is 8.98. The number of carbonyl (C=O) groups is 2. The fourth-order valence-corrected chi connectivity index (χ4v) is 7.54. The van der Waals surface area contributed by atoms with Crippen molar-refractivity contribution >= 4 is 23.4 Å². The third kappa shape index (κ3) is 6.60. The zero-order valence-corrected chi connectivity index (χ0v) is 28.3. The summed E-state index contributed by atoms with van der Waals surface area (Å²) in [6.07, 6.45) is 5.13. The number of carbonyl (C=O) groups excluding carboxylic acids is 2. The van der Waals surface area contributed by atoms with Crippen molar-refractivity contribution in [3.05, 3.63) is 106 Å². The second kappa shape index (κ2) is 12.4. The van der Waals surface area contributed by atoms with Crippen LogP contribution in [0.1, 0.15) is 90.3 Å². The second-order valence-electron chi connectivity index (χ2n) is 14.6. The number of urea groups is 1. The van der Waals surface area contributed by atoms with E-state index in [0.29, 0.717) is 23.8 Å². The number of amides is 3. The summed E-state index contributed by atoms with van der Waals surface area (Å²) in [4.78, 5) is 29.3. The van der Waals surface area contributed by atoms with Crippen LogP contribution in [0.15, 0.2) is 66.7 Å². The van der Waals surface area contributed by atoms with E-state index in [2.05, 4.69) is 88.3 Å².